The number of amides is 1. The van der Waals surface area contributed by atoms with E-state index in [9.17, 15) is 4.79 Å². The minimum Gasteiger partial charge on any atom is -0.476 e. The zero-order valence-electron chi connectivity index (χ0n) is 9.90. The summed E-state index contributed by atoms with van der Waals surface area (Å²) in [6.45, 7) is 2.75. The normalized spacial score (nSPS) is 14.4. The van der Waals surface area contributed by atoms with E-state index >= 15 is 0 Å². The molecule has 0 saturated heterocycles. The highest BCUT2D eigenvalue weighted by atomic mass is 16.5. The van der Waals surface area contributed by atoms with Crippen LogP contribution in [0.2, 0.25) is 0 Å². The van der Waals surface area contributed by atoms with Gasteiger partial charge >= 0.3 is 0 Å². The van der Waals surface area contributed by atoms with Crippen LogP contribution < -0.4 is 15.4 Å². The second-order valence-corrected chi connectivity index (χ2v) is 3.99. The fourth-order valence-electron chi connectivity index (χ4n) is 1.46. The Kier molecular flexibility index (Phi) is 3.93. The first kappa shape index (κ1) is 11.9. The van der Waals surface area contributed by atoms with E-state index in [-0.39, 0.29) is 5.91 Å². The van der Waals surface area contributed by atoms with E-state index in [2.05, 4.69) is 15.6 Å². The molecule has 0 aromatic carbocycles. The first-order valence-corrected chi connectivity index (χ1v) is 5.90. The van der Waals surface area contributed by atoms with Gasteiger partial charge in [0.15, 0.2) is 0 Å². The minimum absolute atomic E-state index is 0.0640. The van der Waals surface area contributed by atoms with Crippen molar-refractivity contribution in [1.82, 2.24) is 10.3 Å². The molecule has 5 nitrogen and oxygen atoms in total. The third-order valence-electron chi connectivity index (χ3n) is 2.45. The molecule has 0 aliphatic heterocycles. The van der Waals surface area contributed by atoms with E-state index in [1.165, 1.54) is 12.8 Å². The topological polar surface area (TPSA) is 63.2 Å². The minimum atomic E-state index is -0.0640. The lowest BCUT2D eigenvalue weighted by Crippen LogP contribution is -2.29. The molecule has 5 heteroatoms. The first-order chi connectivity index (χ1) is 8.29. The molecule has 1 fully saturated rings. The van der Waals surface area contributed by atoms with Gasteiger partial charge in [-0.2, -0.15) is 0 Å². The summed E-state index contributed by atoms with van der Waals surface area (Å²) in [5, 5.41) is 5.94. The van der Waals surface area contributed by atoms with Crippen molar-refractivity contribution >= 4 is 11.6 Å². The van der Waals surface area contributed by atoms with E-state index < -0.39 is 0 Å². The zero-order valence-corrected chi connectivity index (χ0v) is 9.90. The molecule has 0 bridgehead atoms. The predicted octanol–water partition coefficient (Wildman–Crippen LogP) is 1.17. The Balaban J connectivity index is 1.89. The number of anilines is 1. The summed E-state index contributed by atoms with van der Waals surface area (Å²) in [7, 11) is 0. The van der Waals surface area contributed by atoms with Crippen molar-refractivity contribution in [3.63, 3.8) is 0 Å². The van der Waals surface area contributed by atoms with E-state index in [4.69, 9.17) is 4.74 Å². The molecule has 0 unspecified atom stereocenters. The summed E-state index contributed by atoms with van der Waals surface area (Å²) < 4.78 is 5.33. The first-order valence-electron chi connectivity index (χ1n) is 5.90. The number of nitrogens with one attached hydrogen (secondary N) is 2. The van der Waals surface area contributed by atoms with Gasteiger partial charge in [0, 0.05) is 12.2 Å². The van der Waals surface area contributed by atoms with Gasteiger partial charge in [-0.15, -0.1) is 0 Å². The maximum Gasteiger partial charge on any atom is 0.238 e. The molecular weight excluding hydrogens is 218 g/mol. The predicted molar refractivity (Wildman–Crippen MR) is 65.1 cm³/mol. The Hall–Kier alpha value is -1.62. The summed E-state index contributed by atoms with van der Waals surface area (Å²) >= 11 is 0. The second kappa shape index (κ2) is 5.63. The molecule has 1 heterocycles. The third-order valence-corrected chi connectivity index (χ3v) is 2.45. The van der Waals surface area contributed by atoms with Crippen molar-refractivity contribution in [2.75, 3.05) is 18.5 Å². The van der Waals surface area contributed by atoms with Crippen LogP contribution in [0.1, 0.15) is 19.8 Å². The molecule has 92 valence electrons. The monoisotopic (exact) mass is 235 g/mol. The fraction of sp³-hybridized carbons (Fsp3) is 0.500. The van der Waals surface area contributed by atoms with Crippen LogP contribution in [0.5, 0.6) is 5.88 Å². The average Bonchev–Trinajstić information content (AvgIpc) is 3.13. The van der Waals surface area contributed by atoms with Crippen LogP contribution in [0, 0.1) is 0 Å². The summed E-state index contributed by atoms with van der Waals surface area (Å²) in [5.74, 6) is 0.403. The fourth-order valence-corrected chi connectivity index (χ4v) is 1.46. The summed E-state index contributed by atoms with van der Waals surface area (Å²) in [4.78, 5) is 15.7. The maximum absolute atomic E-state index is 11.6. The molecule has 1 aromatic heterocycles. The van der Waals surface area contributed by atoms with Gasteiger partial charge in [-0.1, -0.05) is 0 Å². The van der Waals surface area contributed by atoms with E-state index in [0.29, 0.717) is 30.8 Å². The van der Waals surface area contributed by atoms with E-state index in [0.717, 1.165) is 0 Å². The molecule has 0 spiro atoms. The van der Waals surface area contributed by atoms with Crippen molar-refractivity contribution in [1.29, 1.82) is 0 Å². The molecule has 2 N–H and O–H groups in total. The molecule has 0 atom stereocenters. The lowest BCUT2D eigenvalue weighted by molar-refractivity contribution is -0.115. The Morgan fingerprint density at radius 3 is 3.12 bits per heavy atom. The molecule has 1 aliphatic carbocycles. The summed E-state index contributed by atoms with van der Waals surface area (Å²) in [5.41, 5.74) is 0.622. The standard InChI is InChI=1S/C12H17N3O2/c1-2-17-12-10(4-3-7-13-12)15-11(16)8-14-9-5-6-9/h3-4,7,9,14H,2,5-6,8H2,1H3,(H,15,16). The van der Waals surface area contributed by atoms with Gasteiger partial charge in [0.2, 0.25) is 11.8 Å². The number of rotatable bonds is 6. The molecule has 1 amide bonds. The molecule has 1 aromatic rings. The Labute approximate surface area is 101 Å². The highest BCUT2D eigenvalue weighted by Gasteiger charge is 2.21. The third kappa shape index (κ3) is 3.71. The van der Waals surface area contributed by atoms with Gasteiger partial charge in [-0.25, -0.2) is 4.98 Å². The number of carbonyl (C=O) groups is 1. The van der Waals surface area contributed by atoms with Crippen molar-refractivity contribution in [2.24, 2.45) is 0 Å². The maximum atomic E-state index is 11.6. The van der Waals surface area contributed by atoms with Gasteiger partial charge in [0.25, 0.3) is 0 Å². The lowest BCUT2D eigenvalue weighted by Gasteiger charge is -2.10. The highest BCUT2D eigenvalue weighted by molar-refractivity contribution is 5.93. The number of carbonyl (C=O) groups excluding carboxylic acids is 1. The summed E-state index contributed by atoms with van der Waals surface area (Å²) in [6, 6.07) is 4.08. The number of hydrogen-bond donors (Lipinski definition) is 2. The number of nitrogens with zero attached hydrogens (tertiary/aromatic N) is 1. The van der Waals surface area contributed by atoms with Gasteiger partial charge in [-0.3, -0.25) is 4.79 Å². The lowest BCUT2D eigenvalue weighted by atomic mass is 10.4. The van der Waals surface area contributed by atoms with Crippen molar-refractivity contribution in [3.8, 4) is 5.88 Å². The zero-order chi connectivity index (χ0) is 12.1. The molecule has 0 radical (unpaired) electrons. The van der Waals surface area contributed by atoms with Crippen LogP contribution >= 0.6 is 0 Å². The van der Waals surface area contributed by atoms with Crippen LogP contribution in [-0.2, 0) is 4.79 Å². The number of ether oxygens (including phenoxy) is 1. The molecule has 17 heavy (non-hydrogen) atoms. The molecular formula is C12H17N3O2. The van der Waals surface area contributed by atoms with Crippen molar-refractivity contribution in [2.45, 2.75) is 25.8 Å². The number of hydrogen-bond acceptors (Lipinski definition) is 4. The van der Waals surface area contributed by atoms with Crippen LogP contribution in [0.3, 0.4) is 0 Å². The average molecular weight is 235 g/mol. The molecule has 1 saturated carbocycles. The van der Waals surface area contributed by atoms with Crippen molar-refractivity contribution in [3.05, 3.63) is 18.3 Å². The Morgan fingerprint density at radius 1 is 1.59 bits per heavy atom. The van der Waals surface area contributed by atoms with Gasteiger partial charge in [0.1, 0.15) is 5.69 Å². The van der Waals surface area contributed by atoms with E-state index in [1.807, 2.05) is 6.92 Å². The Bertz CT molecular complexity index is 391. The van der Waals surface area contributed by atoms with Gasteiger partial charge in [-0.05, 0) is 31.9 Å². The molecule has 1 aliphatic rings. The Morgan fingerprint density at radius 2 is 2.41 bits per heavy atom. The number of aromatic nitrogens is 1. The second-order valence-electron chi connectivity index (χ2n) is 3.99. The molecule has 2 rings (SSSR count). The largest absolute Gasteiger partial charge is 0.476 e. The quantitative estimate of drug-likeness (QED) is 0.777. The number of pyridine rings is 1. The summed E-state index contributed by atoms with van der Waals surface area (Å²) in [6.07, 6.45) is 3.98. The van der Waals surface area contributed by atoms with Gasteiger partial charge < -0.3 is 15.4 Å². The van der Waals surface area contributed by atoms with Crippen LogP contribution in [0.4, 0.5) is 5.69 Å². The van der Waals surface area contributed by atoms with Crippen LogP contribution in [0.25, 0.3) is 0 Å². The smallest absolute Gasteiger partial charge is 0.238 e. The SMILES string of the molecule is CCOc1ncccc1NC(=O)CNC1CC1. The van der Waals surface area contributed by atoms with Crippen LogP contribution in [0.15, 0.2) is 18.3 Å². The van der Waals surface area contributed by atoms with Crippen LogP contribution in [-0.4, -0.2) is 30.1 Å². The van der Waals surface area contributed by atoms with E-state index in [1.54, 1.807) is 18.3 Å². The van der Waals surface area contributed by atoms with Gasteiger partial charge in [0.05, 0.1) is 13.2 Å². The van der Waals surface area contributed by atoms with Crippen molar-refractivity contribution < 1.29 is 9.53 Å². The highest BCUT2D eigenvalue weighted by Crippen LogP contribution is 2.21.